The summed E-state index contributed by atoms with van der Waals surface area (Å²) in [4.78, 5) is 25.5. The number of rotatable bonds is 7. The molecule has 13 heteroatoms. The molecule has 13 nitrogen and oxygen atoms in total. The SMILES string of the molecule is CCOC1Oc2cc(C(=O)O[C@@H]3Cc4c(O)cc(O)cc4O[C@@H]3c3cc(O)c(O)c(O)c3)cc(OC(=O)CC)c2O1. The maximum absolute atomic E-state index is 13.5. The molecule has 41 heavy (non-hydrogen) atoms. The number of ether oxygens (including phenoxy) is 6. The summed E-state index contributed by atoms with van der Waals surface area (Å²) in [5.41, 5.74) is 0.262. The van der Waals surface area contributed by atoms with Crippen molar-refractivity contribution in [1.29, 1.82) is 0 Å². The Balaban J connectivity index is 1.50. The summed E-state index contributed by atoms with van der Waals surface area (Å²) in [5, 5.41) is 50.3. The third-order valence-electron chi connectivity index (χ3n) is 6.36. The van der Waals surface area contributed by atoms with Crippen LogP contribution in [0.2, 0.25) is 0 Å². The van der Waals surface area contributed by atoms with E-state index in [1.54, 1.807) is 13.8 Å². The summed E-state index contributed by atoms with van der Waals surface area (Å²) < 4.78 is 33.6. The third kappa shape index (κ3) is 5.39. The standard InChI is InChI=1S/C28H26O13/c1-3-23(33)37-20-7-13(8-21-26(20)41-28(40-21)36-4-2)27(35)39-22-11-15-16(30)9-14(29)10-19(15)38-25(22)12-5-17(31)24(34)18(32)6-12/h5-10,22,25,28-32,34H,3-4,11H2,1-2H3/t22-,25-,28?/m1/s1. The van der Waals surface area contributed by atoms with Gasteiger partial charge in [-0.15, -0.1) is 0 Å². The van der Waals surface area contributed by atoms with Crippen molar-refractivity contribution >= 4 is 11.9 Å². The van der Waals surface area contributed by atoms with Crippen molar-refractivity contribution in [2.24, 2.45) is 0 Å². The molecule has 2 aliphatic heterocycles. The maximum Gasteiger partial charge on any atom is 0.361 e. The summed E-state index contributed by atoms with van der Waals surface area (Å²) in [6.07, 6.45) is -2.38. The number of benzene rings is 3. The van der Waals surface area contributed by atoms with Crippen LogP contribution in [0.5, 0.6) is 51.7 Å². The van der Waals surface area contributed by atoms with Crippen LogP contribution in [0.25, 0.3) is 0 Å². The van der Waals surface area contributed by atoms with E-state index in [4.69, 9.17) is 28.4 Å². The van der Waals surface area contributed by atoms with Crippen molar-refractivity contribution in [3.05, 3.63) is 53.1 Å². The fourth-order valence-electron chi connectivity index (χ4n) is 4.43. The zero-order valence-electron chi connectivity index (χ0n) is 21.8. The average Bonchev–Trinajstić information content (AvgIpc) is 3.34. The fraction of sp³-hybridized carbons (Fsp3) is 0.286. The Morgan fingerprint density at radius 3 is 2.29 bits per heavy atom. The number of fused-ring (bicyclic) bond motifs is 2. The predicted molar refractivity (Wildman–Crippen MR) is 137 cm³/mol. The van der Waals surface area contributed by atoms with E-state index in [1.807, 2.05) is 0 Å². The Morgan fingerprint density at radius 2 is 1.61 bits per heavy atom. The Hall–Kier alpha value is -5.04. The predicted octanol–water partition coefficient (Wildman–Crippen LogP) is 3.52. The van der Waals surface area contributed by atoms with Gasteiger partial charge in [0.25, 0.3) is 0 Å². The summed E-state index contributed by atoms with van der Waals surface area (Å²) in [6.45, 7) is 2.46. The fourth-order valence-corrected chi connectivity index (χ4v) is 4.43. The van der Waals surface area contributed by atoms with E-state index >= 15 is 0 Å². The molecule has 3 atom stereocenters. The van der Waals surface area contributed by atoms with Gasteiger partial charge in [-0.25, -0.2) is 4.79 Å². The van der Waals surface area contributed by atoms with Gasteiger partial charge in [-0.3, -0.25) is 4.79 Å². The molecule has 5 rings (SSSR count). The van der Waals surface area contributed by atoms with Crippen LogP contribution in [-0.4, -0.2) is 56.7 Å². The van der Waals surface area contributed by atoms with Crippen molar-refractivity contribution in [1.82, 2.24) is 0 Å². The minimum Gasteiger partial charge on any atom is -0.508 e. The number of carbonyl (C=O) groups is 2. The lowest BCUT2D eigenvalue weighted by molar-refractivity contribution is -0.174. The van der Waals surface area contributed by atoms with Crippen LogP contribution in [-0.2, 0) is 20.7 Å². The van der Waals surface area contributed by atoms with Crippen molar-refractivity contribution in [2.45, 2.75) is 45.4 Å². The zero-order valence-corrected chi connectivity index (χ0v) is 21.8. The van der Waals surface area contributed by atoms with Gasteiger partial charge in [0.15, 0.2) is 34.9 Å². The summed E-state index contributed by atoms with van der Waals surface area (Å²) >= 11 is 0. The van der Waals surface area contributed by atoms with E-state index in [0.29, 0.717) is 0 Å². The van der Waals surface area contributed by atoms with Crippen molar-refractivity contribution in [2.75, 3.05) is 6.61 Å². The molecule has 1 unspecified atom stereocenters. The first-order chi connectivity index (χ1) is 19.6. The topological polar surface area (TPSA) is 191 Å². The molecule has 5 N–H and O–H groups in total. The zero-order chi connectivity index (χ0) is 29.4. The highest BCUT2D eigenvalue weighted by atomic mass is 16.9. The highest BCUT2D eigenvalue weighted by Gasteiger charge is 2.38. The van der Waals surface area contributed by atoms with E-state index in [9.17, 15) is 35.1 Å². The monoisotopic (exact) mass is 570 g/mol. The molecule has 2 aliphatic rings. The normalized spacial score (nSPS) is 18.7. The first kappa shape index (κ1) is 27.5. The highest BCUT2D eigenvalue weighted by Crippen LogP contribution is 2.47. The molecule has 0 aromatic heterocycles. The van der Waals surface area contributed by atoms with Gasteiger partial charge in [-0.05, 0) is 31.2 Å². The average molecular weight is 571 g/mol. The molecule has 0 radical (unpaired) electrons. The summed E-state index contributed by atoms with van der Waals surface area (Å²) in [7, 11) is 0. The summed E-state index contributed by atoms with van der Waals surface area (Å²) in [6, 6.07) is 7.14. The lowest BCUT2D eigenvalue weighted by Crippen LogP contribution is -2.34. The Kier molecular flexibility index (Phi) is 7.28. The second-order valence-corrected chi connectivity index (χ2v) is 9.14. The molecule has 216 valence electrons. The van der Waals surface area contributed by atoms with Crippen molar-refractivity contribution in [3.8, 4) is 51.7 Å². The van der Waals surface area contributed by atoms with Gasteiger partial charge < -0.3 is 54.0 Å². The van der Waals surface area contributed by atoms with Gasteiger partial charge in [-0.2, -0.15) is 0 Å². The molecule has 2 heterocycles. The van der Waals surface area contributed by atoms with Crippen LogP contribution in [0.4, 0.5) is 0 Å². The van der Waals surface area contributed by atoms with Gasteiger partial charge in [0, 0.05) is 36.1 Å². The number of carbonyl (C=O) groups excluding carboxylic acids is 2. The van der Waals surface area contributed by atoms with E-state index in [1.165, 1.54) is 18.2 Å². The highest BCUT2D eigenvalue weighted by molar-refractivity contribution is 5.92. The Labute approximate surface area is 232 Å². The molecule has 0 spiro atoms. The molecule has 0 amide bonds. The van der Waals surface area contributed by atoms with Crippen molar-refractivity contribution in [3.63, 3.8) is 0 Å². The van der Waals surface area contributed by atoms with Crippen LogP contribution < -0.4 is 18.9 Å². The Bertz CT molecular complexity index is 1490. The Morgan fingerprint density at radius 1 is 0.878 bits per heavy atom. The van der Waals surface area contributed by atoms with Crippen molar-refractivity contribution < 1.29 is 63.5 Å². The second-order valence-electron chi connectivity index (χ2n) is 9.14. The van der Waals surface area contributed by atoms with Gasteiger partial charge in [0.2, 0.25) is 5.75 Å². The molecule has 3 aromatic carbocycles. The smallest absolute Gasteiger partial charge is 0.361 e. The van der Waals surface area contributed by atoms with Gasteiger partial charge >= 0.3 is 18.4 Å². The summed E-state index contributed by atoms with van der Waals surface area (Å²) in [5.74, 6) is -4.04. The van der Waals surface area contributed by atoms with Crippen LogP contribution in [0.15, 0.2) is 36.4 Å². The molecular weight excluding hydrogens is 544 g/mol. The number of phenolic OH excluding ortho intramolecular Hbond substituents is 5. The number of phenols is 5. The number of aromatic hydroxyl groups is 5. The van der Waals surface area contributed by atoms with Crippen LogP contribution in [0.3, 0.4) is 0 Å². The van der Waals surface area contributed by atoms with Gasteiger partial charge in [0.1, 0.15) is 23.4 Å². The minimum atomic E-state index is -1.17. The first-order valence-corrected chi connectivity index (χ1v) is 12.6. The van der Waals surface area contributed by atoms with E-state index < -0.39 is 47.9 Å². The number of hydrogen-bond acceptors (Lipinski definition) is 13. The minimum absolute atomic E-state index is 0.0467. The largest absolute Gasteiger partial charge is 0.508 e. The first-order valence-electron chi connectivity index (χ1n) is 12.6. The third-order valence-corrected chi connectivity index (χ3v) is 6.36. The lowest BCUT2D eigenvalue weighted by Gasteiger charge is -2.34. The van der Waals surface area contributed by atoms with E-state index in [2.05, 4.69) is 0 Å². The van der Waals surface area contributed by atoms with E-state index in [-0.39, 0.29) is 70.6 Å². The molecule has 0 saturated heterocycles. The molecule has 0 fully saturated rings. The molecule has 3 aromatic rings. The number of hydrogen-bond donors (Lipinski definition) is 5. The van der Waals surface area contributed by atoms with E-state index in [0.717, 1.165) is 18.2 Å². The second kappa shape index (κ2) is 10.8. The number of esters is 2. The van der Waals surface area contributed by atoms with Crippen LogP contribution >= 0.6 is 0 Å². The van der Waals surface area contributed by atoms with Gasteiger partial charge in [-0.1, -0.05) is 6.92 Å². The quantitative estimate of drug-likeness (QED) is 0.158. The molecular formula is C28H26O13. The lowest BCUT2D eigenvalue weighted by atomic mass is 9.93. The maximum atomic E-state index is 13.5. The van der Waals surface area contributed by atoms with Crippen LogP contribution in [0, 0.1) is 0 Å². The van der Waals surface area contributed by atoms with Gasteiger partial charge in [0.05, 0.1) is 12.2 Å². The molecule has 0 saturated carbocycles. The molecule has 0 bridgehead atoms. The van der Waals surface area contributed by atoms with Crippen LogP contribution in [0.1, 0.15) is 47.9 Å². The molecule has 0 aliphatic carbocycles.